The van der Waals surface area contributed by atoms with Crippen LogP contribution in [0.25, 0.3) is 0 Å². The maximum Gasteiger partial charge on any atom is 0.315 e. The average molecular weight is 347 g/mol. The highest BCUT2D eigenvalue weighted by atomic mass is 16.5. The third-order valence-corrected chi connectivity index (χ3v) is 3.82. The van der Waals surface area contributed by atoms with E-state index in [2.05, 4.69) is 20.8 Å². The van der Waals surface area contributed by atoms with Crippen molar-refractivity contribution in [2.24, 2.45) is 7.05 Å². The van der Waals surface area contributed by atoms with Crippen LogP contribution in [-0.2, 0) is 7.05 Å². The minimum absolute atomic E-state index is 0.198. The van der Waals surface area contributed by atoms with E-state index in [1.165, 1.54) is 0 Å². The average Bonchev–Trinajstić information content (AvgIpc) is 3.01. The van der Waals surface area contributed by atoms with Crippen molar-refractivity contribution < 1.29 is 14.3 Å². The number of aromatic nitrogens is 3. The maximum atomic E-state index is 12.2. The number of benzene rings is 1. The van der Waals surface area contributed by atoms with Crippen molar-refractivity contribution in [3.63, 3.8) is 0 Å². The summed E-state index contributed by atoms with van der Waals surface area (Å²) in [5.41, 5.74) is 0.918. The zero-order chi connectivity index (χ0) is 18.4. The number of hydrogen-bond donors (Lipinski definition) is 2. The van der Waals surface area contributed by atoms with Gasteiger partial charge in [-0.2, -0.15) is 0 Å². The number of ether oxygens (including phenoxy) is 2. The Morgan fingerprint density at radius 3 is 2.56 bits per heavy atom. The van der Waals surface area contributed by atoms with Gasteiger partial charge in [-0.25, -0.2) is 4.79 Å². The van der Waals surface area contributed by atoms with Gasteiger partial charge < -0.3 is 24.7 Å². The molecule has 0 radical (unpaired) electrons. The van der Waals surface area contributed by atoms with Crippen LogP contribution in [0, 0.1) is 0 Å². The van der Waals surface area contributed by atoms with Gasteiger partial charge in [-0.05, 0) is 38.5 Å². The van der Waals surface area contributed by atoms with E-state index >= 15 is 0 Å². The summed E-state index contributed by atoms with van der Waals surface area (Å²) in [6.45, 7) is 6.24. The van der Waals surface area contributed by atoms with Gasteiger partial charge in [0.25, 0.3) is 0 Å². The molecule has 0 saturated carbocycles. The molecule has 0 aliphatic carbocycles. The van der Waals surface area contributed by atoms with Gasteiger partial charge in [0.15, 0.2) is 17.3 Å². The van der Waals surface area contributed by atoms with Crippen molar-refractivity contribution in [3.8, 4) is 11.5 Å². The lowest BCUT2D eigenvalue weighted by atomic mass is 10.1. The van der Waals surface area contributed by atoms with Crippen molar-refractivity contribution in [2.45, 2.75) is 32.9 Å². The van der Waals surface area contributed by atoms with Crippen LogP contribution in [-0.4, -0.2) is 34.5 Å². The maximum absolute atomic E-state index is 12.2. The standard InChI is InChI=1S/C17H25N5O3/c1-6-25-14-8-7-13(9-15(14)24-5)11(2)19-17(23)20-12(3)16-21-18-10-22(16)4/h7-12H,6H2,1-5H3,(H2,19,20,23)/t11-,12+/m1/s1. The van der Waals surface area contributed by atoms with Crippen molar-refractivity contribution >= 4 is 6.03 Å². The second kappa shape index (κ2) is 8.36. The number of hydrogen-bond acceptors (Lipinski definition) is 5. The molecule has 2 rings (SSSR count). The molecule has 8 heteroatoms. The number of nitrogens with one attached hydrogen (secondary N) is 2. The van der Waals surface area contributed by atoms with E-state index in [0.29, 0.717) is 23.9 Å². The van der Waals surface area contributed by atoms with Crippen molar-refractivity contribution in [3.05, 3.63) is 35.9 Å². The minimum Gasteiger partial charge on any atom is -0.493 e. The Balaban J connectivity index is 2.00. The van der Waals surface area contributed by atoms with Gasteiger partial charge in [-0.1, -0.05) is 6.07 Å². The first-order valence-electron chi connectivity index (χ1n) is 8.17. The predicted molar refractivity (Wildman–Crippen MR) is 93.7 cm³/mol. The molecule has 0 saturated heterocycles. The Kier molecular flexibility index (Phi) is 6.21. The van der Waals surface area contributed by atoms with Gasteiger partial charge >= 0.3 is 6.03 Å². The molecule has 2 atom stereocenters. The fourth-order valence-corrected chi connectivity index (χ4v) is 2.50. The van der Waals surface area contributed by atoms with Crippen LogP contribution in [0.2, 0.25) is 0 Å². The summed E-state index contributed by atoms with van der Waals surface area (Å²) >= 11 is 0. The van der Waals surface area contributed by atoms with Crippen LogP contribution in [0.15, 0.2) is 24.5 Å². The van der Waals surface area contributed by atoms with E-state index in [4.69, 9.17) is 9.47 Å². The second-order valence-corrected chi connectivity index (χ2v) is 5.70. The third-order valence-electron chi connectivity index (χ3n) is 3.82. The Hall–Kier alpha value is -2.77. The molecule has 1 aromatic heterocycles. The Labute approximate surface area is 147 Å². The molecule has 136 valence electrons. The lowest BCUT2D eigenvalue weighted by Gasteiger charge is -2.19. The molecule has 0 aliphatic heterocycles. The number of nitrogens with zero attached hydrogens (tertiary/aromatic N) is 3. The van der Waals surface area contributed by atoms with Gasteiger partial charge in [0, 0.05) is 7.05 Å². The number of amides is 2. The van der Waals surface area contributed by atoms with Crippen molar-refractivity contribution in [2.75, 3.05) is 13.7 Å². The summed E-state index contributed by atoms with van der Waals surface area (Å²) in [7, 11) is 3.43. The lowest BCUT2D eigenvalue weighted by Crippen LogP contribution is -2.39. The van der Waals surface area contributed by atoms with Crippen molar-refractivity contribution in [1.82, 2.24) is 25.4 Å². The van der Waals surface area contributed by atoms with Crippen LogP contribution in [0.3, 0.4) is 0 Å². The van der Waals surface area contributed by atoms with Crippen molar-refractivity contribution in [1.29, 1.82) is 0 Å². The van der Waals surface area contributed by atoms with Crippen LogP contribution in [0.5, 0.6) is 11.5 Å². The van der Waals surface area contributed by atoms with Gasteiger partial charge in [-0.3, -0.25) is 0 Å². The van der Waals surface area contributed by atoms with Crippen LogP contribution in [0.4, 0.5) is 4.79 Å². The highest BCUT2D eigenvalue weighted by molar-refractivity contribution is 5.74. The molecule has 0 unspecified atom stereocenters. The van der Waals surface area contributed by atoms with E-state index in [1.807, 2.05) is 46.0 Å². The molecule has 0 aliphatic rings. The summed E-state index contributed by atoms with van der Waals surface area (Å²) in [5.74, 6) is 2.01. The molecule has 0 fully saturated rings. The molecule has 8 nitrogen and oxygen atoms in total. The summed E-state index contributed by atoms with van der Waals surface area (Å²) in [6, 6.07) is 4.88. The first-order chi connectivity index (χ1) is 12.0. The molecular weight excluding hydrogens is 322 g/mol. The second-order valence-electron chi connectivity index (χ2n) is 5.70. The Morgan fingerprint density at radius 2 is 1.96 bits per heavy atom. The predicted octanol–water partition coefficient (Wildman–Crippen LogP) is 2.34. The van der Waals surface area contributed by atoms with Crippen LogP contribution >= 0.6 is 0 Å². The first kappa shape index (κ1) is 18.6. The monoisotopic (exact) mass is 347 g/mol. The van der Waals surface area contributed by atoms with Gasteiger partial charge in [-0.15, -0.1) is 10.2 Å². The number of carbonyl (C=O) groups is 1. The number of methoxy groups -OCH3 is 1. The fraction of sp³-hybridized carbons (Fsp3) is 0.471. The number of urea groups is 1. The number of rotatable bonds is 7. The van der Waals surface area contributed by atoms with E-state index in [1.54, 1.807) is 18.0 Å². The van der Waals surface area contributed by atoms with Crippen LogP contribution < -0.4 is 20.1 Å². The quantitative estimate of drug-likeness (QED) is 0.802. The molecule has 0 spiro atoms. The molecule has 2 amide bonds. The lowest BCUT2D eigenvalue weighted by molar-refractivity contribution is 0.234. The molecule has 1 heterocycles. The summed E-state index contributed by atoms with van der Waals surface area (Å²) in [6.07, 6.45) is 1.60. The molecule has 2 N–H and O–H groups in total. The van der Waals surface area contributed by atoms with E-state index in [0.717, 1.165) is 5.56 Å². The van der Waals surface area contributed by atoms with Gasteiger partial charge in [0.1, 0.15) is 6.33 Å². The zero-order valence-electron chi connectivity index (χ0n) is 15.2. The zero-order valence-corrected chi connectivity index (χ0v) is 15.2. The Bertz CT molecular complexity index is 716. The molecule has 25 heavy (non-hydrogen) atoms. The number of aryl methyl sites for hydroxylation is 1. The third kappa shape index (κ3) is 4.62. The van der Waals surface area contributed by atoms with E-state index in [9.17, 15) is 4.79 Å². The normalized spacial score (nSPS) is 13.0. The smallest absolute Gasteiger partial charge is 0.315 e. The van der Waals surface area contributed by atoms with Crippen LogP contribution in [0.1, 0.15) is 44.2 Å². The molecule has 2 aromatic rings. The van der Waals surface area contributed by atoms with Gasteiger partial charge in [0.2, 0.25) is 0 Å². The highest BCUT2D eigenvalue weighted by Crippen LogP contribution is 2.30. The largest absolute Gasteiger partial charge is 0.493 e. The first-order valence-corrected chi connectivity index (χ1v) is 8.17. The number of carbonyl (C=O) groups excluding carboxylic acids is 1. The van der Waals surface area contributed by atoms with Gasteiger partial charge in [0.05, 0.1) is 25.8 Å². The highest BCUT2D eigenvalue weighted by Gasteiger charge is 2.17. The fourth-order valence-electron chi connectivity index (χ4n) is 2.50. The Morgan fingerprint density at radius 1 is 1.24 bits per heavy atom. The van der Waals surface area contributed by atoms with E-state index in [-0.39, 0.29) is 18.1 Å². The molecule has 1 aromatic carbocycles. The topological polar surface area (TPSA) is 90.3 Å². The van der Waals surface area contributed by atoms with E-state index < -0.39 is 0 Å². The minimum atomic E-state index is -0.282. The molecular formula is C17H25N5O3. The summed E-state index contributed by atoms with van der Waals surface area (Å²) in [4.78, 5) is 12.2. The SMILES string of the molecule is CCOc1ccc([C@@H](C)NC(=O)N[C@@H](C)c2nncn2C)cc1OC. The molecule has 0 bridgehead atoms. The summed E-state index contributed by atoms with van der Waals surface area (Å²) in [5, 5.41) is 13.6. The summed E-state index contributed by atoms with van der Waals surface area (Å²) < 4.78 is 12.6.